The molecule has 1 aromatic rings. The van der Waals surface area contributed by atoms with E-state index in [4.69, 9.17) is 22.1 Å². The Kier molecular flexibility index (Phi) is 11.0. The first kappa shape index (κ1) is 24.5. The summed E-state index contributed by atoms with van der Waals surface area (Å²) >= 11 is 5.95. The topological polar surface area (TPSA) is 58.8 Å². The third kappa shape index (κ3) is 7.08. The molecule has 8 heteroatoms. The van der Waals surface area contributed by atoms with Crippen molar-refractivity contribution < 1.29 is 9.53 Å². The highest BCUT2D eigenvalue weighted by molar-refractivity contribution is 6.30. The Bertz CT molecular complexity index is 568. The van der Waals surface area contributed by atoms with Crippen molar-refractivity contribution in [1.29, 1.82) is 0 Å². The Morgan fingerprint density at radius 3 is 2.44 bits per heavy atom. The van der Waals surface area contributed by atoms with Crippen molar-refractivity contribution in [2.45, 2.75) is 31.8 Å². The van der Waals surface area contributed by atoms with E-state index in [0.29, 0.717) is 0 Å². The molecule has 2 aliphatic rings. The van der Waals surface area contributed by atoms with Crippen molar-refractivity contribution in [2.24, 2.45) is 11.7 Å². The molecule has 2 N–H and O–H groups in total. The van der Waals surface area contributed by atoms with E-state index in [1.807, 2.05) is 17.0 Å². The lowest BCUT2D eigenvalue weighted by atomic mass is 9.91. The molecule has 1 aromatic carbocycles. The van der Waals surface area contributed by atoms with Gasteiger partial charge in [0.05, 0.1) is 6.04 Å². The van der Waals surface area contributed by atoms with E-state index < -0.39 is 0 Å². The highest BCUT2D eigenvalue weighted by atomic mass is 35.5. The monoisotopic (exact) mass is 437 g/mol. The fourth-order valence-electron chi connectivity index (χ4n) is 3.68. The number of hydrogen-bond acceptors (Lipinski definition) is 4. The van der Waals surface area contributed by atoms with Crippen molar-refractivity contribution >= 4 is 42.3 Å². The average molecular weight is 439 g/mol. The van der Waals surface area contributed by atoms with Crippen molar-refractivity contribution in [3.63, 3.8) is 0 Å². The minimum Gasteiger partial charge on any atom is -0.381 e. The molecule has 1 atom stereocenters. The molecule has 0 aliphatic carbocycles. The number of carbonyl (C=O) groups is 1. The summed E-state index contributed by atoms with van der Waals surface area (Å²) in [4.78, 5) is 17.1. The summed E-state index contributed by atoms with van der Waals surface area (Å²) in [6.45, 7) is 5.77. The summed E-state index contributed by atoms with van der Waals surface area (Å²) in [6, 6.07) is 7.61. The first-order valence-electron chi connectivity index (χ1n) is 9.22. The fourth-order valence-corrected chi connectivity index (χ4v) is 3.81. The van der Waals surface area contributed by atoms with Gasteiger partial charge in [-0.3, -0.25) is 9.69 Å². The van der Waals surface area contributed by atoms with Gasteiger partial charge in [-0.2, -0.15) is 0 Å². The van der Waals surface area contributed by atoms with Gasteiger partial charge < -0.3 is 15.4 Å². The smallest absolute Gasteiger partial charge is 0.239 e. The molecule has 2 saturated heterocycles. The number of nitrogens with two attached hydrogens (primary N) is 1. The summed E-state index contributed by atoms with van der Waals surface area (Å²) in [6.07, 6.45) is 2.77. The summed E-state index contributed by atoms with van der Waals surface area (Å²) in [5.74, 6) is 0.370. The molecule has 2 fully saturated rings. The van der Waals surface area contributed by atoms with Gasteiger partial charge in [-0.25, -0.2) is 0 Å². The van der Waals surface area contributed by atoms with Crippen LogP contribution in [0, 0.1) is 5.92 Å². The zero-order valence-corrected chi connectivity index (χ0v) is 17.9. The molecule has 0 spiro atoms. The van der Waals surface area contributed by atoms with Gasteiger partial charge in [0.1, 0.15) is 0 Å². The number of ether oxygens (including phenoxy) is 1. The quantitative estimate of drug-likeness (QED) is 0.785. The Morgan fingerprint density at radius 1 is 1.11 bits per heavy atom. The van der Waals surface area contributed by atoms with Gasteiger partial charge >= 0.3 is 0 Å². The van der Waals surface area contributed by atoms with Crippen LogP contribution in [-0.2, 0) is 16.1 Å². The van der Waals surface area contributed by atoms with Crippen LogP contribution < -0.4 is 5.73 Å². The normalized spacial score (nSPS) is 20.1. The number of benzene rings is 1. The Labute approximate surface area is 179 Å². The van der Waals surface area contributed by atoms with Crippen molar-refractivity contribution in [3.8, 4) is 0 Å². The molecule has 0 aromatic heterocycles. The lowest BCUT2D eigenvalue weighted by Crippen LogP contribution is -2.49. The summed E-state index contributed by atoms with van der Waals surface area (Å²) in [5.41, 5.74) is 7.53. The van der Waals surface area contributed by atoms with Crippen LogP contribution in [0.3, 0.4) is 0 Å². The minimum atomic E-state index is -0.383. The third-order valence-electron chi connectivity index (χ3n) is 5.28. The molecule has 3 rings (SSSR count). The third-order valence-corrected chi connectivity index (χ3v) is 5.53. The van der Waals surface area contributed by atoms with Gasteiger partial charge in [0.2, 0.25) is 5.91 Å². The first-order chi connectivity index (χ1) is 12.1. The van der Waals surface area contributed by atoms with Crippen molar-refractivity contribution in [2.75, 3.05) is 39.4 Å². The number of carbonyl (C=O) groups excluding carboxylic acids is 1. The number of nitrogens with zero attached hydrogens (tertiary/aromatic N) is 2. The van der Waals surface area contributed by atoms with E-state index in [2.05, 4.69) is 17.0 Å². The van der Waals surface area contributed by atoms with Crippen LogP contribution in [0.2, 0.25) is 5.02 Å². The standard InChI is InChI=1S/C19H28ClN3O2.2ClH/c20-17-4-2-15(3-5-17)14-22-8-1-9-23(11-10-22)19(24)18(21)16-6-12-25-13-7-16;;/h2-5,16,18H,1,6-14,21H2;2*1H. The van der Waals surface area contributed by atoms with E-state index >= 15 is 0 Å². The molecular weight excluding hydrogens is 409 g/mol. The lowest BCUT2D eigenvalue weighted by Gasteiger charge is -2.31. The molecule has 2 heterocycles. The second-order valence-electron chi connectivity index (χ2n) is 7.06. The van der Waals surface area contributed by atoms with Crippen LogP contribution in [0.25, 0.3) is 0 Å². The predicted molar refractivity (Wildman–Crippen MR) is 114 cm³/mol. The highest BCUT2D eigenvalue weighted by Gasteiger charge is 2.30. The predicted octanol–water partition coefficient (Wildman–Crippen LogP) is 2.97. The van der Waals surface area contributed by atoms with Gasteiger partial charge in [-0.1, -0.05) is 23.7 Å². The van der Waals surface area contributed by atoms with Crippen LogP contribution in [-0.4, -0.2) is 61.1 Å². The zero-order valence-electron chi connectivity index (χ0n) is 15.5. The Morgan fingerprint density at radius 2 is 1.78 bits per heavy atom. The molecule has 154 valence electrons. The maximum atomic E-state index is 12.8. The summed E-state index contributed by atoms with van der Waals surface area (Å²) < 4.78 is 5.38. The SMILES string of the molecule is Cl.Cl.NC(C(=O)N1CCCN(Cc2ccc(Cl)cc2)CC1)C1CCOCC1. The molecular formula is C19H30Cl3N3O2. The Balaban J connectivity index is 0.00000182. The van der Waals surface area contributed by atoms with Gasteiger partial charge in [-0.15, -0.1) is 24.8 Å². The van der Waals surface area contributed by atoms with E-state index in [9.17, 15) is 4.79 Å². The first-order valence-corrected chi connectivity index (χ1v) is 9.60. The molecule has 5 nitrogen and oxygen atoms in total. The average Bonchev–Trinajstić information content (AvgIpc) is 2.89. The van der Waals surface area contributed by atoms with Crippen LogP contribution in [0.15, 0.2) is 24.3 Å². The van der Waals surface area contributed by atoms with Crippen LogP contribution in [0.5, 0.6) is 0 Å². The minimum absolute atomic E-state index is 0. The number of hydrogen-bond donors (Lipinski definition) is 1. The van der Waals surface area contributed by atoms with E-state index in [1.54, 1.807) is 0 Å². The number of rotatable bonds is 4. The maximum Gasteiger partial charge on any atom is 0.239 e. The molecule has 0 radical (unpaired) electrons. The van der Waals surface area contributed by atoms with Crippen molar-refractivity contribution in [1.82, 2.24) is 9.80 Å². The zero-order chi connectivity index (χ0) is 17.6. The highest BCUT2D eigenvalue weighted by Crippen LogP contribution is 2.20. The molecule has 0 bridgehead atoms. The summed E-state index contributed by atoms with van der Waals surface area (Å²) in [5, 5.41) is 0.762. The van der Waals surface area contributed by atoms with Crippen LogP contribution in [0.4, 0.5) is 0 Å². The van der Waals surface area contributed by atoms with Crippen molar-refractivity contribution in [3.05, 3.63) is 34.9 Å². The van der Waals surface area contributed by atoms with E-state index in [-0.39, 0.29) is 42.7 Å². The Hall–Kier alpha value is -0.560. The largest absolute Gasteiger partial charge is 0.381 e. The van der Waals surface area contributed by atoms with Gasteiger partial charge in [0, 0.05) is 51.0 Å². The van der Waals surface area contributed by atoms with Crippen LogP contribution in [0.1, 0.15) is 24.8 Å². The van der Waals surface area contributed by atoms with Gasteiger partial charge in [0.15, 0.2) is 0 Å². The molecule has 1 amide bonds. The molecule has 0 saturated carbocycles. The van der Waals surface area contributed by atoms with Gasteiger partial charge in [0.25, 0.3) is 0 Å². The number of amides is 1. The maximum absolute atomic E-state index is 12.8. The fraction of sp³-hybridized carbons (Fsp3) is 0.632. The van der Waals surface area contributed by atoms with Gasteiger partial charge in [-0.05, 0) is 42.9 Å². The molecule has 27 heavy (non-hydrogen) atoms. The molecule has 1 unspecified atom stereocenters. The lowest BCUT2D eigenvalue weighted by molar-refractivity contribution is -0.134. The summed E-state index contributed by atoms with van der Waals surface area (Å²) in [7, 11) is 0. The van der Waals surface area contributed by atoms with E-state index in [0.717, 1.165) is 70.2 Å². The van der Waals surface area contributed by atoms with Crippen LogP contribution >= 0.6 is 36.4 Å². The second-order valence-corrected chi connectivity index (χ2v) is 7.49. The van der Waals surface area contributed by atoms with E-state index in [1.165, 1.54) is 5.56 Å². The molecule has 2 aliphatic heterocycles. The number of halogens is 3. The second kappa shape index (κ2) is 12.1.